The van der Waals surface area contributed by atoms with Gasteiger partial charge in [-0.1, -0.05) is 0 Å². The summed E-state index contributed by atoms with van der Waals surface area (Å²) in [7, 11) is 0. The van der Waals surface area contributed by atoms with E-state index in [9.17, 15) is 4.79 Å². The number of aryl methyl sites for hydroxylation is 1. The lowest BCUT2D eigenvalue weighted by molar-refractivity contribution is 0.0914. The fourth-order valence-corrected chi connectivity index (χ4v) is 1.99. The summed E-state index contributed by atoms with van der Waals surface area (Å²) < 4.78 is 0. The Hall–Kier alpha value is -1.49. The van der Waals surface area contributed by atoms with Crippen LogP contribution in [0.4, 0.5) is 0 Å². The molecule has 1 aromatic rings. The van der Waals surface area contributed by atoms with Gasteiger partial charge in [0.15, 0.2) is 0 Å². The van der Waals surface area contributed by atoms with E-state index in [0.29, 0.717) is 11.7 Å². The van der Waals surface area contributed by atoms with E-state index >= 15 is 0 Å². The second-order valence-electron chi connectivity index (χ2n) is 4.51. The molecule has 17 heavy (non-hydrogen) atoms. The van der Waals surface area contributed by atoms with Gasteiger partial charge in [-0.25, -0.2) is 4.98 Å². The van der Waals surface area contributed by atoms with Crippen molar-refractivity contribution < 1.29 is 4.79 Å². The molecular formula is C12H18N4O. The highest BCUT2D eigenvalue weighted by Gasteiger charge is 2.23. The summed E-state index contributed by atoms with van der Waals surface area (Å²) in [6.07, 6.45) is 5.23. The van der Waals surface area contributed by atoms with Gasteiger partial charge in [0, 0.05) is 18.3 Å². The highest BCUT2D eigenvalue weighted by molar-refractivity contribution is 5.92. The number of amides is 1. The van der Waals surface area contributed by atoms with E-state index in [1.807, 2.05) is 6.92 Å². The van der Waals surface area contributed by atoms with Crippen molar-refractivity contribution in [2.45, 2.75) is 38.8 Å². The van der Waals surface area contributed by atoms with Crippen LogP contribution in [0.3, 0.4) is 0 Å². The third kappa shape index (κ3) is 3.00. The molecule has 0 bridgehead atoms. The molecule has 92 valence electrons. The van der Waals surface area contributed by atoms with E-state index in [1.165, 1.54) is 6.20 Å². The maximum absolute atomic E-state index is 11.9. The van der Waals surface area contributed by atoms with Crippen LogP contribution in [-0.2, 0) is 0 Å². The molecule has 2 N–H and O–H groups in total. The molecule has 0 spiro atoms. The molecule has 5 heteroatoms. The highest BCUT2D eigenvalue weighted by Crippen LogP contribution is 2.08. The Labute approximate surface area is 101 Å². The van der Waals surface area contributed by atoms with E-state index < -0.39 is 0 Å². The lowest BCUT2D eigenvalue weighted by atomic mass is 10.00. The molecule has 2 heterocycles. The number of nitrogens with one attached hydrogen (secondary N) is 2. The van der Waals surface area contributed by atoms with E-state index in [2.05, 4.69) is 27.5 Å². The second kappa shape index (κ2) is 5.23. The zero-order valence-electron chi connectivity index (χ0n) is 10.2. The molecule has 1 saturated heterocycles. The van der Waals surface area contributed by atoms with Crippen LogP contribution >= 0.6 is 0 Å². The number of hydrogen-bond acceptors (Lipinski definition) is 4. The first kappa shape index (κ1) is 12.0. The van der Waals surface area contributed by atoms with Crippen molar-refractivity contribution in [2.24, 2.45) is 0 Å². The first-order valence-corrected chi connectivity index (χ1v) is 5.99. The standard InChI is InChI=1S/C12H18N4O/c1-8-6-15-11(7-14-8)12(17)16-10-4-3-5-13-9(10)2/h6-7,9-10,13H,3-5H2,1-2H3,(H,16,17). The second-order valence-corrected chi connectivity index (χ2v) is 4.51. The van der Waals surface area contributed by atoms with Gasteiger partial charge in [-0.2, -0.15) is 0 Å². The Morgan fingerprint density at radius 2 is 2.29 bits per heavy atom. The molecule has 2 unspecified atom stereocenters. The quantitative estimate of drug-likeness (QED) is 0.788. The van der Waals surface area contributed by atoms with Gasteiger partial charge in [0.1, 0.15) is 5.69 Å². The van der Waals surface area contributed by atoms with Crippen LogP contribution in [0.2, 0.25) is 0 Å². The minimum atomic E-state index is -0.141. The maximum Gasteiger partial charge on any atom is 0.271 e. The van der Waals surface area contributed by atoms with Crippen LogP contribution in [-0.4, -0.2) is 34.5 Å². The Kier molecular flexibility index (Phi) is 3.68. The monoisotopic (exact) mass is 234 g/mol. The molecule has 1 amide bonds. The third-order valence-electron chi connectivity index (χ3n) is 3.09. The van der Waals surface area contributed by atoms with Gasteiger partial charge in [-0.3, -0.25) is 9.78 Å². The molecule has 1 aromatic heterocycles. The fourth-order valence-electron chi connectivity index (χ4n) is 1.99. The Balaban J connectivity index is 1.98. The van der Waals surface area contributed by atoms with Gasteiger partial charge in [-0.15, -0.1) is 0 Å². The molecular weight excluding hydrogens is 216 g/mol. The van der Waals surface area contributed by atoms with Gasteiger partial charge < -0.3 is 10.6 Å². The molecule has 1 aliphatic rings. The van der Waals surface area contributed by atoms with Crippen molar-refractivity contribution in [2.75, 3.05) is 6.54 Å². The minimum Gasteiger partial charge on any atom is -0.346 e. The fraction of sp³-hybridized carbons (Fsp3) is 0.583. The number of hydrogen-bond donors (Lipinski definition) is 2. The molecule has 1 fully saturated rings. The van der Waals surface area contributed by atoms with Crippen molar-refractivity contribution in [1.82, 2.24) is 20.6 Å². The van der Waals surface area contributed by atoms with Crippen LogP contribution in [0.15, 0.2) is 12.4 Å². The number of carbonyl (C=O) groups is 1. The number of piperidine rings is 1. The summed E-state index contributed by atoms with van der Waals surface area (Å²) in [6, 6.07) is 0.491. The van der Waals surface area contributed by atoms with E-state index in [1.54, 1.807) is 6.20 Å². The van der Waals surface area contributed by atoms with Gasteiger partial charge in [-0.05, 0) is 33.2 Å². The highest BCUT2D eigenvalue weighted by atomic mass is 16.2. The van der Waals surface area contributed by atoms with Crippen LogP contribution < -0.4 is 10.6 Å². The first-order chi connectivity index (χ1) is 8.16. The largest absolute Gasteiger partial charge is 0.346 e. The van der Waals surface area contributed by atoms with Crippen molar-refractivity contribution >= 4 is 5.91 Å². The zero-order valence-corrected chi connectivity index (χ0v) is 10.2. The maximum atomic E-state index is 11.9. The van der Waals surface area contributed by atoms with Crippen LogP contribution in [0.25, 0.3) is 0 Å². The molecule has 1 aliphatic heterocycles. The smallest absolute Gasteiger partial charge is 0.271 e. The summed E-state index contributed by atoms with van der Waals surface area (Å²) in [4.78, 5) is 20.1. The van der Waals surface area contributed by atoms with Gasteiger partial charge in [0.05, 0.1) is 11.9 Å². The Morgan fingerprint density at radius 3 is 2.94 bits per heavy atom. The average molecular weight is 234 g/mol. The van der Waals surface area contributed by atoms with Crippen LogP contribution in [0.5, 0.6) is 0 Å². The van der Waals surface area contributed by atoms with E-state index in [4.69, 9.17) is 0 Å². The minimum absolute atomic E-state index is 0.141. The number of carbonyl (C=O) groups excluding carboxylic acids is 1. The number of rotatable bonds is 2. The topological polar surface area (TPSA) is 66.9 Å². The Bertz CT molecular complexity index is 390. The van der Waals surface area contributed by atoms with Gasteiger partial charge in [0.25, 0.3) is 5.91 Å². The molecule has 2 rings (SSSR count). The predicted molar refractivity (Wildman–Crippen MR) is 64.7 cm³/mol. The Morgan fingerprint density at radius 1 is 1.47 bits per heavy atom. The summed E-state index contributed by atoms with van der Waals surface area (Å²) in [6.45, 7) is 4.96. The SMILES string of the molecule is Cc1cnc(C(=O)NC2CCCNC2C)cn1. The average Bonchev–Trinajstić information content (AvgIpc) is 2.33. The molecule has 2 atom stereocenters. The lowest BCUT2D eigenvalue weighted by Gasteiger charge is -2.30. The van der Waals surface area contributed by atoms with Gasteiger partial charge in [0.2, 0.25) is 0 Å². The van der Waals surface area contributed by atoms with Crippen LogP contribution in [0.1, 0.15) is 35.9 Å². The third-order valence-corrected chi connectivity index (χ3v) is 3.09. The molecule has 0 aromatic carbocycles. The number of aromatic nitrogens is 2. The number of nitrogens with zero attached hydrogens (tertiary/aromatic N) is 2. The van der Waals surface area contributed by atoms with Gasteiger partial charge >= 0.3 is 0 Å². The van der Waals surface area contributed by atoms with E-state index in [0.717, 1.165) is 25.1 Å². The van der Waals surface area contributed by atoms with Crippen molar-refractivity contribution in [3.05, 3.63) is 23.8 Å². The lowest BCUT2D eigenvalue weighted by Crippen LogP contribution is -2.52. The van der Waals surface area contributed by atoms with Crippen molar-refractivity contribution in [3.63, 3.8) is 0 Å². The van der Waals surface area contributed by atoms with E-state index in [-0.39, 0.29) is 11.9 Å². The van der Waals surface area contributed by atoms with Crippen LogP contribution in [0, 0.1) is 6.92 Å². The summed E-state index contributed by atoms with van der Waals surface area (Å²) >= 11 is 0. The molecule has 0 saturated carbocycles. The zero-order chi connectivity index (χ0) is 12.3. The van der Waals surface area contributed by atoms with Crippen molar-refractivity contribution in [3.8, 4) is 0 Å². The first-order valence-electron chi connectivity index (χ1n) is 5.99. The summed E-state index contributed by atoms with van der Waals surface area (Å²) in [5, 5.41) is 6.35. The molecule has 0 aliphatic carbocycles. The normalized spacial score (nSPS) is 24.4. The summed E-state index contributed by atoms with van der Waals surface area (Å²) in [5.41, 5.74) is 1.20. The van der Waals surface area contributed by atoms with Crippen molar-refractivity contribution in [1.29, 1.82) is 0 Å². The molecule has 0 radical (unpaired) electrons. The molecule has 5 nitrogen and oxygen atoms in total. The summed E-state index contributed by atoms with van der Waals surface area (Å²) in [5.74, 6) is -0.141. The predicted octanol–water partition coefficient (Wildman–Crippen LogP) is 0.655.